The van der Waals surface area contributed by atoms with Gasteiger partial charge in [0.25, 0.3) is 0 Å². The van der Waals surface area contributed by atoms with Crippen LogP contribution in [-0.4, -0.2) is 14.8 Å². The predicted molar refractivity (Wildman–Crippen MR) is 50.0 cm³/mol. The second-order valence-corrected chi connectivity index (χ2v) is 2.98. The van der Waals surface area contributed by atoms with E-state index in [0.717, 1.165) is 11.4 Å². The van der Waals surface area contributed by atoms with Crippen molar-refractivity contribution in [3.63, 3.8) is 0 Å². The second-order valence-electron chi connectivity index (χ2n) is 2.98. The Morgan fingerprint density at radius 2 is 2.38 bits per heavy atom. The largest absolute Gasteiger partial charge is 0.363 e. The molecule has 4 heteroatoms. The van der Waals surface area contributed by atoms with Crippen molar-refractivity contribution in [2.45, 2.75) is 6.04 Å². The van der Waals surface area contributed by atoms with Gasteiger partial charge in [-0.2, -0.15) is 5.10 Å². The van der Waals surface area contributed by atoms with E-state index in [1.54, 1.807) is 10.9 Å². The van der Waals surface area contributed by atoms with E-state index in [0.29, 0.717) is 0 Å². The molecule has 13 heavy (non-hydrogen) atoms. The number of hydrogen-bond acceptors (Lipinski definition) is 2. The molecule has 3 N–H and O–H groups in total. The topological polar surface area (TPSA) is 59.6 Å². The summed E-state index contributed by atoms with van der Waals surface area (Å²) >= 11 is 0. The van der Waals surface area contributed by atoms with Gasteiger partial charge in [0.1, 0.15) is 0 Å². The number of nitrogens with zero attached hydrogens (tertiary/aromatic N) is 2. The third-order valence-electron chi connectivity index (χ3n) is 2.13. The molecule has 0 aromatic carbocycles. The molecule has 0 bridgehead atoms. The Kier molecular flexibility index (Phi) is 1.90. The first-order valence-electron chi connectivity index (χ1n) is 4.16. The molecule has 0 aliphatic rings. The van der Waals surface area contributed by atoms with Crippen LogP contribution in [0.15, 0.2) is 30.6 Å². The number of nitrogens with two attached hydrogens (primary N) is 1. The number of rotatable bonds is 2. The highest BCUT2D eigenvalue weighted by Crippen LogP contribution is 2.15. The molecular formula is C9H12N4. The summed E-state index contributed by atoms with van der Waals surface area (Å²) in [6.07, 6.45) is 3.61. The standard InChI is InChI=1S/C9H12N4/c1-13-8(4-6-12-13)9(10)7-3-2-5-11-7/h2-6,9,11H,10H2,1H3. The highest BCUT2D eigenvalue weighted by molar-refractivity contribution is 5.20. The molecule has 0 fully saturated rings. The van der Waals surface area contributed by atoms with Gasteiger partial charge >= 0.3 is 0 Å². The molecule has 1 unspecified atom stereocenters. The fourth-order valence-corrected chi connectivity index (χ4v) is 1.39. The summed E-state index contributed by atoms with van der Waals surface area (Å²) in [6.45, 7) is 0. The van der Waals surface area contributed by atoms with Crippen LogP contribution in [0.25, 0.3) is 0 Å². The average Bonchev–Trinajstić information content (AvgIpc) is 2.72. The smallest absolute Gasteiger partial charge is 0.0874 e. The maximum Gasteiger partial charge on any atom is 0.0874 e. The number of aryl methyl sites for hydroxylation is 1. The first-order chi connectivity index (χ1) is 6.29. The van der Waals surface area contributed by atoms with Gasteiger partial charge in [0.2, 0.25) is 0 Å². The summed E-state index contributed by atoms with van der Waals surface area (Å²) in [4.78, 5) is 3.09. The Hall–Kier alpha value is -1.55. The van der Waals surface area contributed by atoms with Crippen LogP contribution < -0.4 is 5.73 Å². The maximum absolute atomic E-state index is 6.01. The van der Waals surface area contributed by atoms with Crippen molar-refractivity contribution in [3.8, 4) is 0 Å². The van der Waals surface area contributed by atoms with Crippen molar-refractivity contribution in [2.75, 3.05) is 0 Å². The zero-order valence-electron chi connectivity index (χ0n) is 7.44. The van der Waals surface area contributed by atoms with Crippen LogP contribution in [0.3, 0.4) is 0 Å². The Morgan fingerprint density at radius 3 is 2.92 bits per heavy atom. The van der Waals surface area contributed by atoms with Crippen LogP contribution in [0, 0.1) is 0 Å². The highest BCUT2D eigenvalue weighted by Gasteiger charge is 2.12. The van der Waals surface area contributed by atoms with Crippen molar-refractivity contribution in [1.29, 1.82) is 0 Å². The van der Waals surface area contributed by atoms with Gasteiger partial charge in [0, 0.05) is 25.1 Å². The summed E-state index contributed by atoms with van der Waals surface area (Å²) < 4.78 is 1.78. The van der Waals surface area contributed by atoms with Gasteiger partial charge < -0.3 is 10.7 Å². The number of aromatic amines is 1. The highest BCUT2D eigenvalue weighted by atomic mass is 15.3. The molecule has 1 atom stereocenters. The van der Waals surface area contributed by atoms with Crippen LogP contribution in [0.5, 0.6) is 0 Å². The first kappa shape index (κ1) is 8.07. The minimum absolute atomic E-state index is 0.123. The van der Waals surface area contributed by atoms with E-state index in [2.05, 4.69) is 10.1 Å². The molecule has 0 aliphatic heterocycles. The number of hydrogen-bond donors (Lipinski definition) is 2. The monoisotopic (exact) mass is 176 g/mol. The van der Waals surface area contributed by atoms with E-state index >= 15 is 0 Å². The van der Waals surface area contributed by atoms with Crippen molar-refractivity contribution in [1.82, 2.24) is 14.8 Å². The number of nitrogens with one attached hydrogen (secondary N) is 1. The van der Waals surface area contributed by atoms with E-state index in [1.807, 2.05) is 31.4 Å². The lowest BCUT2D eigenvalue weighted by Crippen LogP contribution is -2.16. The molecule has 0 saturated heterocycles. The zero-order chi connectivity index (χ0) is 9.26. The minimum atomic E-state index is -0.123. The van der Waals surface area contributed by atoms with Crippen LogP contribution in [0.1, 0.15) is 17.4 Å². The van der Waals surface area contributed by atoms with Gasteiger partial charge in [-0.15, -0.1) is 0 Å². The minimum Gasteiger partial charge on any atom is -0.363 e. The number of H-pyrrole nitrogens is 1. The fourth-order valence-electron chi connectivity index (χ4n) is 1.39. The van der Waals surface area contributed by atoms with Gasteiger partial charge in [-0.1, -0.05) is 0 Å². The molecule has 2 rings (SSSR count). The van der Waals surface area contributed by atoms with Crippen LogP contribution in [-0.2, 0) is 7.05 Å². The molecule has 0 saturated carbocycles. The molecule has 0 aliphatic carbocycles. The quantitative estimate of drug-likeness (QED) is 0.711. The Balaban J connectivity index is 2.33. The Labute approximate surface area is 76.4 Å². The van der Waals surface area contributed by atoms with Crippen molar-refractivity contribution in [2.24, 2.45) is 12.8 Å². The summed E-state index contributed by atoms with van der Waals surface area (Å²) in [5.41, 5.74) is 8.02. The lowest BCUT2D eigenvalue weighted by atomic mass is 10.1. The SMILES string of the molecule is Cn1nccc1C(N)c1ccc[nH]1. The summed E-state index contributed by atoms with van der Waals surface area (Å²) in [5.74, 6) is 0. The third-order valence-corrected chi connectivity index (χ3v) is 2.13. The lowest BCUT2D eigenvalue weighted by molar-refractivity contribution is 0.666. The molecule has 4 nitrogen and oxygen atoms in total. The lowest BCUT2D eigenvalue weighted by Gasteiger charge is -2.09. The summed E-state index contributed by atoms with van der Waals surface area (Å²) in [7, 11) is 1.89. The predicted octanol–water partition coefficient (Wildman–Crippen LogP) is 0.796. The van der Waals surface area contributed by atoms with E-state index in [4.69, 9.17) is 5.73 Å². The second kappa shape index (κ2) is 3.06. The van der Waals surface area contributed by atoms with Gasteiger partial charge in [0.05, 0.1) is 11.7 Å². The van der Waals surface area contributed by atoms with Crippen LogP contribution >= 0.6 is 0 Å². The van der Waals surface area contributed by atoms with Gasteiger partial charge in [-0.05, 0) is 18.2 Å². The molecule has 68 valence electrons. The van der Waals surface area contributed by atoms with Crippen LogP contribution in [0.4, 0.5) is 0 Å². The average molecular weight is 176 g/mol. The maximum atomic E-state index is 6.01. The summed E-state index contributed by atoms with van der Waals surface area (Å²) in [6, 6.07) is 5.71. The van der Waals surface area contributed by atoms with E-state index in [-0.39, 0.29) is 6.04 Å². The molecule has 2 aromatic heterocycles. The molecule has 0 spiro atoms. The van der Waals surface area contributed by atoms with Crippen molar-refractivity contribution in [3.05, 3.63) is 42.0 Å². The molecular weight excluding hydrogens is 164 g/mol. The molecule has 2 heterocycles. The fraction of sp³-hybridized carbons (Fsp3) is 0.222. The van der Waals surface area contributed by atoms with Crippen LogP contribution in [0.2, 0.25) is 0 Å². The van der Waals surface area contributed by atoms with Crippen molar-refractivity contribution >= 4 is 0 Å². The number of aromatic nitrogens is 3. The third kappa shape index (κ3) is 1.36. The van der Waals surface area contributed by atoms with Gasteiger partial charge in [-0.3, -0.25) is 4.68 Å². The van der Waals surface area contributed by atoms with Crippen molar-refractivity contribution < 1.29 is 0 Å². The van der Waals surface area contributed by atoms with Gasteiger partial charge in [0.15, 0.2) is 0 Å². The van der Waals surface area contributed by atoms with Gasteiger partial charge in [-0.25, -0.2) is 0 Å². The summed E-state index contributed by atoms with van der Waals surface area (Å²) in [5, 5.41) is 4.07. The normalized spacial score (nSPS) is 13.1. The Bertz CT molecular complexity index is 374. The first-order valence-corrected chi connectivity index (χ1v) is 4.16. The van der Waals surface area contributed by atoms with E-state index in [1.165, 1.54) is 0 Å². The molecule has 2 aromatic rings. The zero-order valence-corrected chi connectivity index (χ0v) is 7.44. The Morgan fingerprint density at radius 1 is 1.54 bits per heavy atom. The molecule has 0 radical (unpaired) electrons. The molecule has 0 amide bonds. The van der Waals surface area contributed by atoms with E-state index in [9.17, 15) is 0 Å². The van der Waals surface area contributed by atoms with E-state index < -0.39 is 0 Å².